The van der Waals surface area contributed by atoms with Crippen LogP contribution in [0.2, 0.25) is 0 Å². The number of amides is 1. The molecule has 0 radical (unpaired) electrons. The first-order chi connectivity index (χ1) is 4.66. The molecule has 54 valence electrons. The minimum Gasteiger partial charge on any atom is -0.515 e. The minimum absolute atomic E-state index is 0.148. The number of hydrazine groups is 1. The van der Waals surface area contributed by atoms with E-state index in [0.717, 1.165) is 5.01 Å². The van der Waals surface area contributed by atoms with Gasteiger partial charge in [0.1, 0.15) is 12.1 Å². The number of rotatable bonds is 0. The Hall–Kier alpha value is -1.36. The van der Waals surface area contributed by atoms with Crippen LogP contribution in [0.1, 0.15) is 0 Å². The zero-order valence-electron chi connectivity index (χ0n) is 5.07. The molecule has 10 heavy (non-hydrogen) atoms. The van der Waals surface area contributed by atoms with Gasteiger partial charge in [-0.2, -0.15) is 0 Å². The van der Waals surface area contributed by atoms with Crippen molar-refractivity contribution in [3.05, 3.63) is 11.8 Å². The van der Waals surface area contributed by atoms with E-state index in [0.29, 0.717) is 6.26 Å². The van der Waals surface area contributed by atoms with E-state index in [1.54, 1.807) is 0 Å². The number of hydrogen-bond acceptors (Lipinski definition) is 4. The number of carbonyl (C=O) groups excluding carboxylic acids is 2. The molecule has 0 aromatic rings. The topological polar surface area (TPSA) is 83.6 Å². The largest absolute Gasteiger partial charge is 0.515 e. The van der Waals surface area contributed by atoms with E-state index in [-0.39, 0.29) is 12.1 Å². The van der Waals surface area contributed by atoms with E-state index in [9.17, 15) is 9.59 Å². The lowest BCUT2D eigenvalue weighted by Gasteiger charge is -2.01. The lowest BCUT2D eigenvalue weighted by atomic mass is 10.2. The number of aliphatic hydroxyl groups is 1. The smallest absolute Gasteiger partial charge is 0.275 e. The number of nitrogens with two attached hydrogens (primary N) is 1. The van der Waals surface area contributed by atoms with Crippen LogP contribution in [0.15, 0.2) is 11.8 Å². The van der Waals surface area contributed by atoms with Crippen LogP contribution in [0.3, 0.4) is 0 Å². The van der Waals surface area contributed by atoms with Crippen molar-refractivity contribution in [3.8, 4) is 0 Å². The second-order valence-electron chi connectivity index (χ2n) is 1.90. The number of nitrogens with zero attached hydrogens (tertiary/aromatic N) is 1. The van der Waals surface area contributed by atoms with Gasteiger partial charge in [-0.3, -0.25) is 14.6 Å². The molecule has 0 saturated carbocycles. The molecule has 0 aromatic heterocycles. The van der Waals surface area contributed by atoms with Crippen molar-refractivity contribution in [2.24, 2.45) is 5.84 Å². The van der Waals surface area contributed by atoms with Gasteiger partial charge in [-0.15, -0.1) is 0 Å². The molecular formula is C5H6N2O3. The van der Waals surface area contributed by atoms with Gasteiger partial charge in [0.2, 0.25) is 0 Å². The van der Waals surface area contributed by atoms with Crippen LogP contribution in [0.5, 0.6) is 0 Å². The van der Waals surface area contributed by atoms with E-state index >= 15 is 0 Å². The first-order valence-corrected chi connectivity index (χ1v) is 2.61. The van der Waals surface area contributed by atoms with Gasteiger partial charge in [-0.25, -0.2) is 5.84 Å². The minimum atomic E-state index is -0.632. The van der Waals surface area contributed by atoms with Gasteiger partial charge >= 0.3 is 0 Å². The highest BCUT2D eigenvalue weighted by molar-refractivity contribution is 6.24. The number of carbonyl (C=O) groups is 2. The summed E-state index contributed by atoms with van der Waals surface area (Å²) in [7, 11) is 0. The summed E-state index contributed by atoms with van der Waals surface area (Å²) in [5.74, 6) is 3.96. The summed E-state index contributed by atoms with van der Waals surface area (Å²) in [6.07, 6.45) is 0.484. The van der Waals surface area contributed by atoms with E-state index in [2.05, 4.69) is 0 Å². The van der Waals surface area contributed by atoms with E-state index in [4.69, 9.17) is 10.9 Å². The molecule has 0 unspecified atom stereocenters. The van der Waals surface area contributed by atoms with Gasteiger partial charge < -0.3 is 5.11 Å². The quantitative estimate of drug-likeness (QED) is 0.145. The third-order valence-corrected chi connectivity index (χ3v) is 1.23. The summed E-state index contributed by atoms with van der Waals surface area (Å²) in [5, 5.41) is 9.09. The van der Waals surface area contributed by atoms with Gasteiger partial charge in [-0.05, 0) is 0 Å². The summed E-state index contributed by atoms with van der Waals surface area (Å²) in [6.45, 7) is -0.148. The molecule has 1 amide bonds. The lowest BCUT2D eigenvalue weighted by molar-refractivity contribution is -0.125. The second-order valence-corrected chi connectivity index (χ2v) is 1.90. The van der Waals surface area contributed by atoms with Crippen LogP contribution in [-0.2, 0) is 9.59 Å². The Labute approximate surface area is 56.7 Å². The molecule has 0 aromatic carbocycles. The first kappa shape index (κ1) is 6.76. The highest BCUT2D eigenvalue weighted by atomic mass is 16.2. The van der Waals surface area contributed by atoms with Crippen LogP contribution in [0, 0.1) is 0 Å². The highest BCUT2D eigenvalue weighted by Gasteiger charge is 2.31. The lowest BCUT2D eigenvalue weighted by Crippen LogP contribution is -2.32. The fraction of sp³-hybridized carbons (Fsp3) is 0.200. The Kier molecular flexibility index (Phi) is 1.42. The van der Waals surface area contributed by atoms with Gasteiger partial charge in [-0.1, -0.05) is 0 Å². The monoisotopic (exact) mass is 142 g/mol. The predicted octanol–water partition coefficient (Wildman–Crippen LogP) is -1.29. The van der Waals surface area contributed by atoms with Crippen molar-refractivity contribution in [2.75, 3.05) is 6.54 Å². The maximum Gasteiger partial charge on any atom is 0.275 e. The van der Waals surface area contributed by atoms with Crippen LogP contribution in [0.25, 0.3) is 0 Å². The van der Waals surface area contributed by atoms with Crippen molar-refractivity contribution < 1.29 is 14.7 Å². The van der Waals surface area contributed by atoms with Gasteiger partial charge in [0, 0.05) is 0 Å². The Morgan fingerprint density at radius 2 is 2.20 bits per heavy atom. The van der Waals surface area contributed by atoms with Crippen molar-refractivity contribution in [1.29, 1.82) is 0 Å². The van der Waals surface area contributed by atoms with E-state index in [1.165, 1.54) is 0 Å². The van der Waals surface area contributed by atoms with Crippen molar-refractivity contribution >= 4 is 11.7 Å². The summed E-state index contributed by atoms with van der Waals surface area (Å²) in [4.78, 5) is 21.4. The Balaban J connectivity index is 2.96. The van der Waals surface area contributed by atoms with Crippen LogP contribution in [-0.4, -0.2) is 28.4 Å². The fourth-order valence-corrected chi connectivity index (χ4v) is 0.713. The molecule has 1 saturated heterocycles. The molecule has 3 N–H and O–H groups in total. The zero-order valence-corrected chi connectivity index (χ0v) is 5.07. The molecule has 0 atom stereocenters. The van der Waals surface area contributed by atoms with E-state index in [1.807, 2.05) is 0 Å². The fourth-order valence-electron chi connectivity index (χ4n) is 0.713. The van der Waals surface area contributed by atoms with Crippen LogP contribution in [0.4, 0.5) is 0 Å². The Morgan fingerprint density at radius 3 is 2.40 bits per heavy atom. The van der Waals surface area contributed by atoms with Gasteiger partial charge in [0.25, 0.3) is 5.91 Å². The molecule has 5 nitrogen and oxygen atoms in total. The summed E-state index contributed by atoms with van der Waals surface area (Å²) >= 11 is 0. The molecule has 1 rings (SSSR count). The molecule has 1 fully saturated rings. The molecule has 0 aliphatic carbocycles. The van der Waals surface area contributed by atoms with Crippen LogP contribution >= 0.6 is 0 Å². The molecule has 1 aliphatic rings. The van der Waals surface area contributed by atoms with Crippen molar-refractivity contribution in [3.63, 3.8) is 0 Å². The molecule has 1 aliphatic heterocycles. The highest BCUT2D eigenvalue weighted by Crippen LogP contribution is 2.07. The van der Waals surface area contributed by atoms with Crippen molar-refractivity contribution in [2.45, 2.75) is 0 Å². The zero-order chi connectivity index (χ0) is 7.72. The van der Waals surface area contributed by atoms with Gasteiger partial charge in [0.15, 0.2) is 5.78 Å². The maximum absolute atomic E-state index is 10.7. The summed E-state index contributed by atoms with van der Waals surface area (Å²) in [6, 6.07) is 0. The average molecular weight is 142 g/mol. The normalized spacial score (nSPS) is 22.9. The number of hydrogen-bond donors (Lipinski definition) is 2. The molecule has 5 heteroatoms. The first-order valence-electron chi connectivity index (χ1n) is 2.61. The number of ketones is 1. The van der Waals surface area contributed by atoms with Crippen molar-refractivity contribution in [1.82, 2.24) is 5.01 Å². The third kappa shape index (κ3) is 0.763. The Morgan fingerprint density at radius 1 is 1.60 bits per heavy atom. The molecule has 0 bridgehead atoms. The molecule has 0 spiro atoms. The maximum atomic E-state index is 10.7. The average Bonchev–Trinajstić information content (AvgIpc) is 2.09. The molecular weight excluding hydrogens is 136 g/mol. The van der Waals surface area contributed by atoms with Gasteiger partial charge in [0.05, 0.1) is 6.26 Å². The Bertz CT molecular complexity index is 221. The summed E-state index contributed by atoms with van der Waals surface area (Å²) < 4.78 is 0. The predicted molar refractivity (Wildman–Crippen MR) is 31.6 cm³/mol. The summed E-state index contributed by atoms with van der Waals surface area (Å²) in [5.41, 5.74) is -0.248. The second kappa shape index (κ2) is 2.11. The van der Waals surface area contributed by atoms with E-state index < -0.39 is 11.7 Å². The third-order valence-electron chi connectivity index (χ3n) is 1.23. The van der Waals surface area contributed by atoms with Crippen LogP contribution < -0.4 is 5.84 Å². The number of aliphatic hydroxyl groups excluding tert-OH is 1. The molecule has 1 heterocycles. The number of Topliss-reactive ketones (excluding diaryl/α,β-unsaturated/α-hetero) is 1. The standard InChI is InChI=1S/C5H6N2O3/c6-7-1-4(9)3(2-8)5(7)10/h2,8H,1,6H2/b3-2-. The SMILES string of the molecule is NN1CC(=O)/C(=C/O)C1=O.